The van der Waals surface area contributed by atoms with E-state index in [0.717, 1.165) is 32.5 Å². The molecule has 3 heterocycles. The number of amides is 1. The Hall–Kier alpha value is -2.94. The molecule has 2 atom stereocenters. The van der Waals surface area contributed by atoms with Crippen LogP contribution in [0.15, 0.2) is 24.5 Å². The number of aromatic nitrogens is 1. The number of pyridine rings is 1. The Morgan fingerprint density at radius 2 is 1.66 bits per heavy atom. The van der Waals surface area contributed by atoms with E-state index in [2.05, 4.69) is 16.0 Å². The van der Waals surface area contributed by atoms with E-state index in [4.69, 9.17) is 24.5 Å². The second-order valence-corrected chi connectivity index (χ2v) is 7.48. The molecule has 0 spiro atoms. The average molecular weight is 517 g/mol. The van der Waals surface area contributed by atoms with Gasteiger partial charge in [0.05, 0.1) is 6.61 Å². The van der Waals surface area contributed by atoms with Crippen LogP contribution in [0.4, 0.5) is 26.3 Å². The van der Waals surface area contributed by atoms with Crippen molar-refractivity contribution in [1.29, 1.82) is 0 Å². The van der Waals surface area contributed by atoms with Gasteiger partial charge < -0.3 is 19.8 Å². The molecule has 35 heavy (non-hydrogen) atoms. The number of aliphatic carboxylic acids is 2. The van der Waals surface area contributed by atoms with Crippen LogP contribution >= 0.6 is 0 Å². The summed E-state index contributed by atoms with van der Waals surface area (Å²) in [7, 11) is 1.69. The monoisotopic (exact) mass is 517 g/mol. The number of hydrogen-bond donors (Lipinski definition) is 2. The molecule has 9 nitrogen and oxygen atoms in total. The van der Waals surface area contributed by atoms with Crippen molar-refractivity contribution in [2.75, 3.05) is 26.8 Å². The van der Waals surface area contributed by atoms with Gasteiger partial charge in [-0.05, 0) is 24.5 Å². The minimum atomic E-state index is -5.08. The minimum absolute atomic E-state index is 0.288. The van der Waals surface area contributed by atoms with E-state index >= 15 is 0 Å². The summed E-state index contributed by atoms with van der Waals surface area (Å²) in [5.41, 5.74) is 1.25. The van der Waals surface area contributed by atoms with Gasteiger partial charge in [-0.15, -0.1) is 0 Å². The average Bonchev–Trinajstić information content (AvgIpc) is 3.16. The summed E-state index contributed by atoms with van der Waals surface area (Å²) in [6.45, 7) is 3.33. The van der Waals surface area contributed by atoms with Crippen LogP contribution in [-0.4, -0.2) is 94.1 Å². The van der Waals surface area contributed by atoms with Gasteiger partial charge in [-0.2, -0.15) is 26.3 Å². The van der Waals surface area contributed by atoms with Gasteiger partial charge in [-0.1, -0.05) is 6.07 Å². The molecule has 198 valence electrons. The molecule has 2 N–H and O–H groups in total. The number of carbonyl (C=O) groups excluding carboxylic acids is 1. The predicted octanol–water partition coefficient (Wildman–Crippen LogP) is 2.56. The van der Waals surface area contributed by atoms with Crippen LogP contribution in [0.2, 0.25) is 0 Å². The first-order chi connectivity index (χ1) is 16.2. The van der Waals surface area contributed by atoms with Crippen LogP contribution in [0.25, 0.3) is 0 Å². The first-order valence-electron chi connectivity index (χ1n) is 10.2. The van der Waals surface area contributed by atoms with Crippen molar-refractivity contribution in [2.24, 2.45) is 0 Å². The molecule has 1 aromatic heterocycles. The lowest BCUT2D eigenvalue weighted by molar-refractivity contribution is -0.193. The highest BCUT2D eigenvalue weighted by Gasteiger charge is 2.42. The van der Waals surface area contributed by atoms with Crippen molar-refractivity contribution < 1.29 is 55.7 Å². The molecule has 0 aliphatic carbocycles. The number of fused-ring (bicyclic) bond motifs is 1. The Labute approximate surface area is 196 Å². The Kier molecular flexibility index (Phi) is 11.4. The summed E-state index contributed by atoms with van der Waals surface area (Å²) in [5.74, 6) is -5.23. The summed E-state index contributed by atoms with van der Waals surface area (Å²) in [4.78, 5) is 38.7. The summed E-state index contributed by atoms with van der Waals surface area (Å²) >= 11 is 0. The highest BCUT2D eigenvalue weighted by Crippen LogP contribution is 2.32. The third-order valence-electron chi connectivity index (χ3n) is 5.13. The first-order valence-corrected chi connectivity index (χ1v) is 10.2. The number of methoxy groups -OCH3 is 1. The fourth-order valence-corrected chi connectivity index (χ4v) is 3.64. The van der Waals surface area contributed by atoms with Crippen LogP contribution in [0.1, 0.15) is 24.8 Å². The Bertz CT molecular complexity index is 813. The number of ether oxygens (including phenoxy) is 1. The van der Waals surface area contributed by atoms with E-state index in [9.17, 15) is 31.1 Å². The number of alkyl halides is 6. The minimum Gasteiger partial charge on any atom is -0.475 e. The molecular weight excluding hydrogens is 492 g/mol. The van der Waals surface area contributed by atoms with E-state index in [1.54, 1.807) is 7.11 Å². The molecule has 0 saturated carbocycles. The van der Waals surface area contributed by atoms with Crippen LogP contribution in [0.3, 0.4) is 0 Å². The molecular formula is C20H25F6N3O6. The third-order valence-corrected chi connectivity index (χ3v) is 5.13. The summed E-state index contributed by atoms with van der Waals surface area (Å²) in [6.07, 6.45) is -3.71. The lowest BCUT2D eigenvalue weighted by Crippen LogP contribution is -2.52. The Morgan fingerprint density at radius 3 is 2.11 bits per heavy atom. The maximum atomic E-state index is 12.1. The van der Waals surface area contributed by atoms with E-state index in [1.165, 1.54) is 5.56 Å². The van der Waals surface area contributed by atoms with Crippen LogP contribution < -0.4 is 0 Å². The Morgan fingerprint density at radius 1 is 1.09 bits per heavy atom. The second kappa shape index (κ2) is 13.2. The standard InChI is InChI=1S/C16H23N3O2.2C2HF3O2/c1-21-10-9-19-15-6-8-18(14(15)4-5-16(19)20)12-13-3-2-7-17-11-13;2*3-2(4,5)1(6)7/h2-3,7,11,14-15H,4-6,8-10,12H2,1H3;2*(H,6,7)/t14-,15-;;/m1../s1. The first kappa shape index (κ1) is 30.1. The summed E-state index contributed by atoms with van der Waals surface area (Å²) < 4.78 is 68.6. The molecule has 1 aromatic rings. The van der Waals surface area contributed by atoms with Crippen molar-refractivity contribution in [2.45, 2.75) is 50.2 Å². The van der Waals surface area contributed by atoms with Crippen LogP contribution in [-0.2, 0) is 25.7 Å². The zero-order valence-corrected chi connectivity index (χ0v) is 18.6. The van der Waals surface area contributed by atoms with E-state index in [-0.39, 0.29) is 5.91 Å². The molecule has 15 heteroatoms. The van der Waals surface area contributed by atoms with Crippen LogP contribution in [0.5, 0.6) is 0 Å². The van der Waals surface area contributed by atoms with Crippen LogP contribution in [0, 0.1) is 0 Å². The molecule has 0 radical (unpaired) electrons. The smallest absolute Gasteiger partial charge is 0.475 e. The zero-order chi connectivity index (χ0) is 26.8. The van der Waals surface area contributed by atoms with E-state index in [0.29, 0.717) is 25.1 Å². The summed E-state index contributed by atoms with van der Waals surface area (Å²) in [5, 5.41) is 14.2. The fourth-order valence-electron chi connectivity index (χ4n) is 3.64. The lowest BCUT2D eigenvalue weighted by Gasteiger charge is -2.39. The molecule has 0 aromatic carbocycles. The van der Waals surface area contributed by atoms with Gasteiger partial charge in [0.1, 0.15) is 0 Å². The van der Waals surface area contributed by atoms with Gasteiger partial charge in [-0.25, -0.2) is 9.59 Å². The number of likely N-dealkylation sites (tertiary alicyclic amines) is 2. The molecule has 2 aliphatic heterocycles. The fraction of sp³-hybridized carbons (Fsp3) is 0.600. The van der Waals surface area contributed by atoms with Gasteiger partial charge >= 0.3 is 24.3 Å². The highest BCUT2D eigenvalue weighted by atomic mass is 19.4. The maximum absolute atomic E-state index is 12.1. The number of rotatable bonds is 5. The van der Waals surface area contributed by atoms with E-state index in [1.807, 2.05) is 23.4 Å². The number of carbonyl (C=O) groups is 3. The van der Waals surface area contributed by atoms with Crippen molar-refractivity contribution in [3.63, 3.8) is 0 Å². The lowest BCUT2D eigenvalue weighted by atomic mass is 9.96. The normalized spacial score (nSPS) is 20.2. The molecule has 3 rings (SSSR count). The van der Waals surface area contributed by atoms with Crippen molar-refractivity contribution in [3.8, 4) is 0 Å². The van der Waals surface area contributed by atoms with Crippen molar-refractivity contribution >= 4 is 17.8 Å². The molecule has 1 amide bonds. The molecule has 2 aliphatic rings. The van der Waals surface area contributed by atoms with E-state index < -0.39 is 24.3 Å². The molecule has 2 saturated heterocycles. The molecule has 2 fully saturated rings. The number of carboxylic acid groups (broad SMARTS) is 2. The van der Waals surface area contributed by atoms with Crippen molar-refractivity contribution in [1.82, 2.24) is 14.8 Å². The van der Waals surface area contributed by atoms with Gasteiger partial charge in [0.25, 0.3) is 0 Å². The molecule has 0 unspecified atom stereocenters. The van der Waals surface area contributed by atoms with Crippen molar-refractivity contribution in [3.05, 3.63) is 30.1 Å². The zero-order valence-electron chi connectivity index (χ0n) is 18.6. The number of hydrogen-bond acceptors (Lipinski definition) is 6. The van der Waals surface area contributed by atoms with Gasteiger partial charge in [0.15, 0.2) is 0 Å². The molecule has 0 bridgehead atoms. The van der Waals surface area contributed by atoms with Gasteiger partial charge in [0.2, 0.25) is 5.91 Å². The van der Waals surface area contributed by atoms with Gasteiger partial charge in [-0.3, -0.25) is 14.7 Å². The predicted molar refractivity (Wildman–Crippen MR) is 107 cm³/mol. The third kappa shape index (κ3) is 10.1. The SMILES string of the molecule is COCCN1C(=O)CC[C@@H]2[C@H]1CCN2Cc1cccnc1.O=C(O)C(F)(F)F.O=C(O)C(F)(F)F. The Balaban J connectivity index is 0.000000362. The number of piperidine rings is 1. The number of carboxylic acids is 2. The largest absolute Gasteiger partial charge is 0.490 e. The number of nitrogens with zero attached hydrogens (tertiary/aromatic N) is 3. The quantitative estimate of drug-likeness (QED) is 0.572. The summed E-state index contributed by atoms with van der Waals surface area (Å²) in [6, 6.07) is 4.95. The highest BCUT2D eigenvalue weighted by molar-refractivity contribution is 5.77. The second-order valence-electron chi connectivity index (χ2n) is 7.48. The van der Waals surface area contributed by atoms with Gasteiger partial charge in [0, 0.05) is 57.6 Å². The maximum Gasteiger partial charge on any atom is 0.490 e. The number of halogens is 6. The topological polar surface area (TPSA) is 120 Å².